The predicted molar refractivity (Wildman–Crippen MR) is 52.5 cm³/mol. The third-order valence-corrected chi connectivity index (χ3v) is 1.58. The fourth-order valence-corrected chi connectivity index (χ4v) is 1.04. The fraction of sp³-hybridized carbons (Fsp3) is 0.556. The van der Waals surface area contributed by atoms with Gasteiger partial charge < -0.3 is 10.1 Å². The number of ether oxygens (including phenoxy) is 1. The van der Waals surface area contributed by atoms with Gasteiger partial charge in [0, 0.05) is 6.07 Å². The highest BCUT2D eigenvalue weighted by atomic mass is 19.4. The lowest BCUT2D eigenvalue weighted by atomic mass is 10.5. The smallest absolute Gasteiger partial charge is 0.405 e. The van der Waals surface area contributed by atoms with Crippen molar-refractivity contribution in [1.29, 1.82) is 0 Å². The molecule has 0 spiro atoms. The molecule has 1 aromatic rings. The van der Waals surface area contributed by atoms with Crippen LogP contribution in [0.4, 0.5) is 19.0 Å². The second-order valence-corrected chi connectivity index (χ2v) is 3.04. The number of aromatic nitrogens is 2. The van der Waals surface area contributed by atoms with Crippen LogP contribution in [0.1, 0.15) is 12.7 Å². The first-order valence-electron chi connectivity index (χ1n) is 4.70. The van der Waals surface area contributed by atoms with E-state index in [2.05, 4.69) is 15.3 Å². The summed E-state index contributed by atoms with van der Waals surface area (Å²) in [4.78, 5) is 7.73. The summed E-state index contributed by atoms with van der Waals surface area (Å²) in [7, 11) is 0. The van der Waals surface area contributed by atoms with Gasteiger partial charge in [0.2, 0.25) is 5.88 Å². The van der Waals surface area contributed by atoms with E-state index in [9.17, 15) is 13.2 Å². The number of anilines is 1. The van der Waals surface area contributed by atoms with Crippen molar-refractivity contribution in [3.63, 3.8) is 0 Å². The number of nitrogens with one attached hydrogen (secondary N) is 1. The maximum Gasteiger partial charge on any atom is 0.405 e. The number of rotatable bonds is 4. The number of aryl methyl sites for hydroxylation is 1. The number of nitrogens with zero attached hydrogens (tertiary/aromatic N) is 2. The van der Waals surface area contributed by atoms with Crippen LogP contribution in [-0.4, -0.2) is 29.3 Å². The zero-order valence-electron chi connectivity index (χ0n) is 8.93. The van der Waals surface area contributed by atoms with Gasteiger partial charge in [0.1, 0.15) is 18.2 Å². The monoisotopic (exact) mass is 235 g/mol. The highest BCUT2D eigenvalue weighted by molar-refractivity contribution is 5.38. The SMILES string of the molecule is CCOc1cc(NCC(F)(F)F)nc(C)n1. The van der Waals surface area contributed by atoms with Crippen molar-refractivity contribution in [2.75, 3.05) is 18.5 Å². The van der Waals surface area contributed by atoms with E-state index < -0.39 is 12.7 Å². The van der Waals surface area contributed by atoms with Crippen molar-refractivity contribution in [3.05, 3.63) is 11.9 Å². The molecule has 0 bridgehead atoms. The van der Waals surface area contributed by atoms with E-state index in [4.69, 9.17) is 4.74 Å². The van der Waals surface area contributed by atoms with Gasteiger partial charge in [-0.2, -0.15) is 18.2 Å². The summed E-state index contributed by atoms with van der Waals surface area (Å²) in [6.07, 6.45) is -4.27. The highest BCUT2D eigenvalue weighted by Gasteiger charge is 2.26. The molecule has 0 unspecified atom stereocenters. The molecule has 1 N–H and O–H groups in total. The zero-order chi connectivity index (χ0) is 12.2. The lowest BCUT2D eigenvalue weighted by molar-refractivity contribution is -0.115. The molecule has 0 amide bonds. The second-order valence-electron chi connectivity index (χ2n) is 3.04. The molecular weight excluding hydrogens is 223 g/mol. The Morgan fingerprint density at radius 1 is 1.38 bits per heavy atom. The predicted octanol–water partition coefficient (Wildman–Crippen LogP) is 2.16. The van der Waals surface area contributed by atoms with Gasteiger partial charge in [-0.3, -0.25) is 0 Å². The number of hydrogen-bond donors (Lipinski definition) is 1. The van der Waals surface area contributed by atoms with Crippen molar-refractivity contribution in [3.8, 4) is 5.88 Å². The van der Waals surface area contributed by atoms with Crippen molar-refractivity contribution >= 4 is 5.82 Å². The number of hydrogen-bond acceptors (Lipinski definition) is 4. The van der Waals surface area contributed by atoms with Crippen LogP contribution in [-0.2, 0) is 0 Å². The van der Waals surface area contributed by atoms with E-state index in [1.165, 1.54) is 6.07 Å². The first-order chi connectivity index (χ1) is 7.40. The van der Waals surface area contributed by atoms with E-state index in [0.29, 0.717) is 12.4 Å². The minimum absolute atomic E-state index is 0.105. The van der Waals surface area contributed by atoms with Crippen LogP contribution in [0, 0.1) is 6.92 Å². The third-order valence-electron chi connectivity index (χ3n) is 1.58. The third kappa shape index (κ3) is 4.33. The summed E-state index contributed by atoms with van der Waals surface area (Å²) in [5, 5.41) is 2.17. The summed E-state index contributed by atoms with van der Waals surface area (Å²) in [6, 6.07) is 1.34. The van der Waals surface area contributed by atoms with Crippen LogP contribution < -0.4 is 10.1 Å². The van der Waals surface area contributed by atoms with Crippen LogP contribution >= 0.6 is 0 Å². The van der Waals surface area contributed by atoms with Gasteiger partial charge in [0.15, 0.2) is 0 Å². The first-order valence-corrected chi connectivity index (χ1v) is 4.70. The van der Waals surface area contributed by atoms with E-state index in [1.807, 2.05) is 0 Å². The Balaban J connectivity index is 2.72. The molecule has 90 valence electrons. The molecular formula is C9H12F3N3O. The topological polar surface area (TPSA) is 47.0 Å². The van der Waals surface area contributed by atoms with Crippen LogP contribution in [0.15, 0.2) is 6.07 Å². The molecule has 0 fully saturated rings. The molecule has 16 heavy (non-hydrogen) atoms. The van der Waals surface area contributed by atoms with Crippen LogP contribution in [0.25, 0.3) is 0 Å². The quantitative estimate of drug-likeness (QED) is 0.868. The molecule has 0 saturated heterocycles. The summed E-state index contributed by atoms with van der Waals surface area (Å²) in [5.41, 5.74) is 0. The normalized spacial score (nSPS) is 11.3. The molecule has 7 heteroatoms. The lowest BCUT2D eigenvalue weighted by Crippen LogP contribution is -2.22. The van der Waals surface area contributed by atoms with Gasteiger partial charge in [-0.15, -0.1) is 0 Å². The lowest BCUT2D eigenvalue weighted by Gasteiger charge is -2.10. The minimum atomic E-state index is -4.27. The average molecular weight is 235 g/mol. The summed E-state index contributed by atoms with van der Waals surface area (Å²) in [6.45, 7) is 2.62. The van der Waals surface area contributed by atoms with Crippen LogP contribution in [0.2, 0.25) is 0 Å². The molecule has 1 rings (SSSR count). The fourth-order valence-electron chi connectivity index (χ4n) is 1.04. The van der Waals surface area contributed by atoms with Crippen molar-refractivity contribution in [2.24, 2.45) is 0 Å². The Morgan fingerprint density at radius 2 is 2.06 bits per heavy atom. The summed E-state index contributed by atoms with van der Waals surface area (Å²) in [5.74, 6) is 0.726. The van der Waals surface area contributed by atoms with Gasteiger partial charge in [0.05, 0.1) is 6.61 Å². The molecule has 0 aromatic carbocycles. The Hall–Kier alpha value is -1.53. The van der Waals surface area contributed by atoms with Gasteiger partial charge in [-0.05, 0) is 13.8 Å². The van der Waals surface area contributed by atoms with Crippen molar-refractivity contribution in [1.82, 2.24) is 9.97 Å². The molecule has 0 aliphatic rings. The number of halogens is 3. The Morgan fingerprint density at radius 3 is 2.62 bits per heavy atom. The molecule has 0 aliphatic carbocycles. The molecule has 0 atom stereocenters. The zero-order valence-corrected chi connectivity index (χ0v) is 8.93. The van der Waals surface area contributed by atoms with E-state index in [-0.39, 0.29) is 11.7 Å². The number of alkyl halides is 3. The standard InChI is InChI=1S/C9H12F3N3O/c1-3-16-8-4-7(14-6(2)15-8)13-5-9(10,11)12/h4H,3,5H2,1-2H3,(H,13,14,15). The molecule has 0 radical (unpaired) electrons. The van der Waals surface area contributed by atoms with Crippen LogP contribution in [0.3, 0.4) is 0 Å². The van der Waals surface area contributed by atoms with E-state index in [0.717, 1.165) is 0 Å². The molecule has 4 nitrogen and oxygen atoms in total. The van der Waals surface area contributed by atoms with Crippen molar-refractivity contribution in [2.45, 2.75) is 20.0 Å². The summed E-state index contributed by atoms with van der Waals surface area (Å²) < 4.78 is 40.9. The maximum absolute atomic E-state index is 12.0. The maximum atomic E-state index is 12.0. The highest BCUT2D eigenvalue weighted by Crippen LogP contribution is 2.17. The Bertz CT molecular complexity index is 354. The van der Waals surface area contributed by atoms with Gasteiger partial charge in [-0.1, -0.05) is 0 Å². The van der Waals surface area contributed by atoms with Gasteiger partial charge in [0.25, 0.3) is 0 Å². The summed E-state index contributed by atoms with van der Waals surface area (Å²) >= 11 is 0. The largest absolute Gasteiger partial charge is 0.478 e. The first kappa shape index (κ1) is 12.5. The molecule has 0 aliphatic heterocycles. The molecule has 1 aromatic heterocycles. The van der Waals surface area contributed by atoms with Gasteiger partial charge in [-0.25, -0.2) is 4.98 Å². The molecule has 0 saturated carbocycles. The Labute approximate surface area is 90.9 Å². The average Bonchev–Trinajstić information content (AvgIpc) is 2.13. The van der Waals surface area contributed by atoms with Crippen LogP contribution in [0.5, 0.6) is 5.88 Å². The second kappa shape index (κ2) is 5.00. The Kier molecular flexibility index (Phi) is 3.92. The van der Waals surface area contributed by atoms with Gasteiger partial charge >= 0.3 is 6.18 Å². The molecule has 1 heterocycles. The van der Waals surface area contributed by atoms with E-state index in [1.54, 1.807) is 13.8 Å². The van der Waals surface area contributed by atoms with Crippen molar-refractivity contribution < 1.29 is 17.9 Å². The van der Waals surface area contributed by atoms with E-state index >= 15 is 0 Å². The minimum Gasteiger partial charge on any atom is -0.478 e.